The van der Waals surface area contributed by atoms with Gasteiger partial charge in [0, 0.05) is 25.9 Å². The lowest BCUT2D eigenvalue weighted by Gasteiger charge is -2.23. The highest BCUT2D eigenvalue weighted by atomic mass is 16.5. The van der Waals surface area contributed by atoms with E-state index in [1.165, 1.54) is 12.8 Å². The molecule has 0 aliphatic carbocycles. The third-order valence-electron chi connectivity index (χ3n) is 4.32. The Kier molecular flexibility index (Phi) is 4.39. The van der Waals surface area contributed by atoms with Gasteiger partial charge < -0.3 is 15.0 Å². The van der Waals surface area contributed by atoms with Crippen molar-refractivity contribution >= 4 is 11.7 Å². The van der Waals surface area contributed by atoms with Gasteiger partial charge in [0.15, 0.2) is 0 Å². The molecule has 2 atom stereocenters. The number of carbonyl (C=O) groups is 1. The number of hydrogen-bond donors (Lipinski definition) is 1. The van der Waals surface area contributed by atoms with E-state index in [-0.39, 0.29) is 18.1 Å². The minimum Gasteiger partial charge on any atom is -0.376 e. The third kappa shape index (κ3) is 3.18. The maximum atomic E-state index is 12.6. The summed E-state index contributed by atoms with van der Waals surface area (Å²) < 4.78 is 5.64. The molecule has 5 heteroatoms. The molecule has 0 spiro atoms. The Morgan fingerprint density at radius 1 is 1.43 bits per heavy atom. The number of nitrogens with zero attached hydrogens (tertiary/aromatic N) is 2. The standard InChI is InChI=1S/C16H23N3O2/c1-12(14-7-5-11-21-14)18-16(20)13-6-4-8-17-15(13)19-9-2-3-10-19/h4,6,8,12,14H,2-3,5,7,9-11H2,1H3,(H,18,20)/t12-,14+/m0/s1. The van der Waals surface area contributed by atoms with Crippen LogP contribution in [0, 0.1) is 0 Å². The number of pyridine rings is 1. The van der Waals surface area contributed by atoms with Gasteiger partial charge in [-0.25, -0.2) is 4.98 Å². The maximum absolute atomic E-state index is 12.6. The van der Waals surface area contributed by atoms with Crippen molar-refractivity contribution in [1.82, 2.24) is 10.3 Å². The van der Waals surface area contributed by atoms with Crippen LogP contribution in [-0.4, -0.2) is 42.7 Å². The minimum atomic E-state index is -0.0481. The Balaban J connectivity index is 1.71. The van der Waals surface area contributed by atoms with E-state index in [0.29, 0.717) is 5.56 Å². The largest absolute Gasteiger partial charge is 0.376 e. The van der Waals surface area contributed by atoms with Crippen LogP contribution in [0.2, 0.25) is 0 Å². The monoisotopic (exact) mass is 289 g/mol. The number of amides is 1. The molecule has 1 amide bonds. The minimum absolute atomic E-state index is 0.0339. The number of anilines is 1. The average Bonchev–Trinajstić information content (AvgIpc) is 3.20. The first-order valence-electron chi connectivity index (χ1n) is 7.88. The van der Waals surface area contributed by atoms with Gasteiger partial charge in [-0.3, -0.25) is 4.79 Å². The van der Waals surface area contributed by atoms with Crippen molar-refractivity contribution in [2.75, 3.05) is 24.6 Å². The number of carbonyl (C=O) groups excluding carboxylic acids is 1. The van der Waals surface area contributed by atoms with Gasteiger partial charge in [0.1, 0.15) is 5.82 Å². The van der Waals surface area contributed by atoms with E-state index in [4.69, 9.17) is 4.74 Å². The van der Waals surface area contributed by atoms with Crippen LogP contribution < -0.4 is 10.2 Å². The molecule has 0 bridgehead atoms. The van der Waals surface area contributed by atoms with Crippen molar-refractivity contribution in [3.8, 4) is 0 Å². The molecular weight excluding hydrogens is 266 g/mol. The second-order valence-corrected chi connectivity index (χ2v) is 5.88. The molecule has 0 saturated carbocycles. The summed E-state index contributed by atoms with van der Waals surface area (Å²) in [7, 11) is 0. The lowest BCUT2D eigenvalue weighted by Crippen LogP contribution is -2.41. The maximum Gasteiger partial charge on any atom is 0.255 e. The highest BCUT2D eigenvalue weighted by Crippen LogP contribution is 2.22. The molecule has 2 saturated heterocycles. The first-order chi connectivity index (χ1) is 10.3. The molecule has 1 aromatic rings. The molecule has 0 radical (unpaired) electrons. The zero-order valence-corrected chi connectivity index (χ0v) is 12.5. The van der Waals surface area contributed by atoms with Gasteiger partial charge in [0.05, 0.1) is 17.7 Å². The van der Waals surface area contributed by atoms with Gasteiger partial charge in [-0.15, -0.1) is 0 Å². The summed E-state index contributed by atoms with van der Waals surface area (Å²) in [6.07, 6.45) is 6.34. The Labute approximate surface area is 125 Å². The van der Waals surface area contributed by atoms with Gasteiger partial charge in [0.2, 0.25) is 0 Å². The summed E-state index contributed by atoms with van der Waals surface area (Å²) in [5.41, 5.74) is 0.671. The molecule has 2 fully saturated rings. The number of rotatable bonds is 4. The van der Waals surface area contributed by atoms with Crippen molar-refractivity contribution in [2.24, 2.45) is 0 Å². The quantitative estimate of drug-likeness (QED) is 0.921. The second kappa shape index (κ2) is 6.43. The Morgan fingerprint density at radius 2 is 2.24 bits per heavy atom. The van der Waals surface area contributed by atoms with E-state index in [9.17, 15) is 4.79 Å². The van der Waals surface area contributed by atoms with Crippen LogP contribution in [0.1, 0.15) is 43.0 Å². The molecular formula is C16H23N3O2. The van der Waals surface area contributed by atoms with Crippen LogP contribution in [0.4, 0.5) is 5.82 Å². The fraction of sp³-hybridized carbons (Fsp3) is 0.625. The molecule has 0 aromatic carbocycles. The molecule has 1 aromatic heterocycles. The molecule has 1 N–H and O–H groups in total. The Bertz CT molecular complexity index is 494. The molecule has 2 aliphatic rings. The first kappa shape index (κ1) is 14.3. The SMILES string of the molecule is C[C@H](NC(=O)c1cccnc1N1CCCC1)[C@H]1CCCO1. The number of nitrogens with one attached hydrogen (secondary N) is 1. The van der Waals surface area contributed by atoms with E-state index >= 15 is 0 Å². The van der Waals surface area contributed by atoms with Crippen LogP contribution in [0.25, 0.3) is 0 Å². The van der Waals surface area contributed by atoms with Crippen LogP contribution in [0.5, 0.6) is 0 Å². The molecule has 21 heavy (non-hydrogen) atoms. The zero-order chi connectivity index (χ0) is 14.7. The van der Waals surface area contributed by atoms with Gasteiger partial charge in [-0.05, 0) is 44.7 Å². The average molecular weight is 289 g/mol. The molecule has 2 aliphatic heterocycles. The van der Waals surface area contributed by atoms with Gasteiger partial charge >= 0.3 is 0 Å². The van der Waals surface area contributed by atoms with E-state index in [2.05, 4.69) is 15.2 Å². The van der Waals surface area contributed by atoms with Crippen LogP contribution in [-0.2, 0) is 4.74 Å². The highest BCUT2D eigenvalue weighted by molar-refractivity contribution is 5.99. The molecule has 114 valence electrons. The van der Waals surface area contributed by atoms with E-state index in [0.717, 1.165) is 38.4 Å². The summed E-state index contributed by atoms with van der Waals surface area (Å²) in [5.74, 6) is 0.764. The second-order valence-electron chi connectivity index (χ2n) is 5.88. The predicted molar refractivity (Wildman–Crippen MR) is 81.6 cm³/mol. The lowest BCUT2D eigenvalue weighted by atomic mass is 10.1. The predicted octanol–water partition coefficient (Wildman–Crippen LogP) is 1.98. The number of hydrogen-bond acceptors (Lipinski definition) is 4. The topological polar surface area (TPSA) is 54.5 Å². The number of aromatic nitrogens is 1. The van der Waals surface area contributed by atoms with Crippen LogP contribution in [0.3, 0.4) is 0 Å². The summed E-state index contributed by atoms with van der Waals surface area (Å²) in [6, 6.07) is 3.72. The molecule has 3 heterocycles. The van der Waals surface area contributed by atoms with Crippen molar-refractivity contribution in [3.63, 3.8) is 0 Å². The van der Waals surface area contributed by atoms with Gasteiger partial charge in [0.25, 0.3) is 5.91 Å². The van der Waals surface area contributed by atoms with Crippen molar-refractivity contribution in [1.29, 1.82) is 0 Å². The van der Waals surface area contributed by atoms with Crippen LogP contribution >= 0.6 is 0 Å². The summed E-state index contributed by atoms with van der Waals surface area (Å²) >= 11 is 0. The fourth-order valence-corrected chi connectivity index (χ4v) is 3.13. The highest BCUT2D eigenvalue weighted by Gasteiger charge is 2.26. The lowest BCUT2D eigenvalue weighted by molar-refractivity contribution is 0.0712. The van der Waals surface area contributed by atoms with Crippen molar-refractivity contribution in [2.45, 2.75) is 44.8 Å². The molecule has 3 rings (SSSR count). The van der Waals surface area contributed by atoms with E-state index < -0.39 is 0 Å². The smallest absolute Gasteiger partial charge is 0.255 e. The van der Waals surface area contributed by atoms with Gasteiger partial charge in [-0.2, -0.15) is 0 Å². The normalized spacial score (nSPS) is 23.3. The van der Waals surface area contributed by atoms with Gasteiger partial charge in [-0.1, -0.05) is 0 Å². The van der Waals surface area contributed by atoms with Crippen molar-refractivity contribution in [3.05, 3.63) is 23.9 Å². The number of ether oxygens (including phenoxy) is 1. The Morgan fingerprint density at radius 3 is 2.95 bits per heavy atom. The third-order valence-corrected chi connectivity index (χ3v) is 4.32. The summed E-state index contributed by atoms with van der Waals surface area (Å²) in [5, 5.41) is 3.07. The van der Waals surface area contributed by atoms with E-state index in [1.54, 1.807) is 6.20 Å². The fourth-order valence-electron chi connectivity index (χ4n) is 3.13. The summed E-state index contributed by atoms with van der Waals surface area (Å²) in [6.45, 7) is 4.79. The van der Waals surface area contributed by atoms with E-state index in [1.807, 2.05) is 19.1 Å². The first-order valence-corrected chi connectivity index (χ1v) is 7.88. The molecule has 5 nitrogen and oxygen atoms in total. The molecule has 0 unspecified atom stereocenters. The van der Waals surface area contributed by atoms with Crippen LogP contribution in [0.15, 0.2) is 18.3 Å². The Hall–Kier alpha value is -1.62. The summed E-state index contributed by atoms with van der Waals surface area (Å²) in [4.78, 5) is 19.2. The zero-order valence-electron chi connectivity index (χ0n) is 12.5. The van der Waals surface area contributed by atoms with Crippen molar-refractivity contribution < 1.29 is 9.53 Å².